The number of sulfonamides is 1. The van der Waals surface area contributed by atoms with Crippen LogP contribution in [0.4, 0.5) is 0 Å². The molecule has 0 unspecified atom stereocenters. The summed E-state index contributed by atoms with van der Waals surface area (Å²) in [5.74, 6) is 0. The monoisotopic (exact) mass is 396 g/mol. The molecule has 0 heterocycles. The maximum Gasteiger partial charge on any atom is 0.242 e. The minimum Gasteiger partial charge on any atom is -0.329 e. The fraction of sp³-hybridized carbons (Fsp3) is 0.333. The van der Waals surface area contributed by atoms with E-state index in [4.69, 9.17) is 28.9 Å². The molecule has 0 spiro atoms. The zero-order chi connectivity index (χ0) is 13.2. The molecule has 0 amide bonds. The van der Waals surface area contributed by atoms with E-state index in [0.717, 1.165) is 0 Å². The van der Waals surface area contributed by atoms with Gasteiger partial charge >= 0.3 is 0 Å². The van der Waals surface area contributed by atoms with Gasteiger partial charge in [-0.25, -0.2) is 13.1 Å². The van der Waals surface area contributed by atoms with Crippen molar-refractivity contribution in [3.05, 3.63) is 26.7 Å². The zero-order valence-electron chi connectivity index (χ0n) is 9.28. The Balaban J connectivity index is 0.00000289. The van der Waals surface area contributed by atoms with Gasteiger partial charge in [-0.1, -0.05) is 23.2 Å². The quantitative estimate of drug-likeness (QED) is 0.766. The normalized spacial score (nSPS) is 12.9. The van der Waals surface area contributed by atoms with Gasteiger partial charge in [0.15, 0.2) is 0 Å². The molecule has 0 aliphatic carbocycles. The summed E-state index contributed by atoms with van der Waals surface area (Å²) < 4.78 is 26.8. The Morgan fingerprint density at radius 1 is 1.39 bits per heavy atom. The Hall–Kier alpha value is 0.440. The summed E-state index contributed by atoms with van der Waals surface area (Å²) in [6.07, 6.45) is 0. The van der Waals surface area contributed by atoms with E-state index >= 15 is 0 Å². The van der Waals surface area contributed by atoms with Gasteiger partial charge in [-0.2, -0.15) is 0 Å². The summed E-state index contributed by atoms with van der Waals surface area (Å²) in [7, 11) is -3.69. The Kier molecular flexibility index (Phi) is 7.46. The molecule has 0 aliphatic heterocycles. The van der Waals surface area contributed by atoms with Gasteiger partial charge in [-0.3, -0.25) is 0 Å². The Morgan fingerprint density at radius 3 is 2.44 bits per heavy atom. The maximum atomic E-state index is 12.0. The summed E-state index contributed by atoms with van der Waals surface area (Å²) in [4.78, 5) is -0.0317. The van der Waals surface area contributed by atoms with E-state index in [1.54, 1.807) is 6.92 Å². The molecule has 1 rings (SSSR count). The van der Waals surface area contributed by atoms with Gasteiger partial charge in [0, 0.05) is 17.1 Å². The van der Waals surface area contributed by atoms with Crippen LogP contribution >= 0.6 is 51.5 Å². The SMILES string of the molecule is C[C@@H](CN)NS(=O)(=O)c1cc(Br)c(Cl)cc1Cl.Cl. The van der Waals surface area contributed by atoms with Crippen LogP contribution in [0.1, 0.15) is 6.92 Å². The van der Waals surface area contributed by atoms with Crippen LogP contribution in [0.15, 0.2) is 21.5 Å². The highest BCUT2D eigenvalue weighted by Crippen LogP contribution is 2.31. The number of rotatable bonds is 4. The number of benzene rings is 1. The van der Waals surface area contributed by atoms with Crippen LogP contribution in [-0.4, -0.2) is 21.0 Å². The maximum absolute atomic E-state index is 12.0. The van der Waals surface area contributed by atoms with Crippen molar-refractivity contribution in [1.29, 1.82) is 0 Å². The van der Waals surface area contributed by atoms with Gasteiger partial charge in [0.25, 0.3) is 0 Å². The molecule has 1 atom stereocenters. The second-order valence-electron chi connectivity index (χ2n) is 3.45. The second-order valence-corrected chi connectivity index (χ2v) is 6.81. The molecule has 0 saturated carbocycles. The zero-order valence-corrected chi connectivity index (χ0v) is 14.0. The minimum atomic E-state index is -3.69. The van der Waals surface area contributed by atoms with Crippen molar-refractivity contribution in [3.63, 3.8) is 0 Å². The van der Waals surface area contributed by atoms with E-state index in [1.807, 2.05) is 0 Å². The van der Waals surface area contributed by atoms with Crippen molar-refractivity contribution in [1.82, 2.24) is 4.72 Å². The number of nitrogens with two attached hydrogens (primary N) is 1. The third-order valence-corrected chi connectivity index (χ3v) is 5.23. The van der Waals surface area contributed by atoms with Crippen LogP contribution in [0.5, 0.6) is 0 Å². The van der Waals surface area contributed by atoms with Crippen LogP contribution < -0.4 is 10.5 Å². The summed E-state index contributed by atoms with van der Waals surface area (Å²) >= 11 is 14.8. The molecule has 0 fully saturated rings. The summed E-state index contributed by atoms with van der Waals surface area (Å²) in [6.45, 7) is 1.86. The van der Waals surface area contributed by atoms with Crippen molar-refractivity contribution in [2.45, 2.75) is 17.9 Å². The van der Waals surface area contributed by atoms with Crippen molar-refractivity contribution in [2.75, 3.05) is 6.54 Å². The number of halogens is 4. The lowest BCUT2D eigenvalue weighted by atomic mass is 10.4. The highest BCUT2D eigenvalue weighted by Gasteiger charge is 2.21. The fourth-order valence-corrected chi connectivity index (χ4v) is 3.61. The molecule has 0 saturated heterocycles. The van der Waals surface area contributed by atoms with E-state index in [2.05, 4.69) is 20.7 Å². The lowest BCUT2D eigenvalue weighted by molar-refractivity contribution is 0.562. The van der Waals surface area contributed by atoms with Gasteiger partial charge in [0.2, 0.25) is 10.0 Å². The van der Waals surface area contributed by atoms with Gasteiger partial charge in [0.05, 0.1) is 10.0 Å². The molecule has 3 N–H and O–H groups in total. The first-order valence-corrected chi connectivity index (χ1v) is 7.68. The third-order valence-electron chi connectivity index (χ3n) is 1.97. The molecule has 0 radical (unpaired) electrons. The Morgan fingerprint density at radius 2 is 1.94 bits per heavy atom. The van der Waals surface area contributed by atoms with Gasteiger partial charge in [-0.15, -0.1) is 12.4 Å². The highest BCUT2D eigenvalue weighted by atomic mass is 79.9. The second kappa shape index (κ2) is 7.28. The molecule has 0 aromatic heterocycles. The molecule has 104 valence electrons. The molecule has 1 aromatic carbocycles. The van der Waals surface area contributed by atoms with Gasteiger partial charge < -0.3 is 5.73 Å². The van der Waals surface area contributed by atoms with Gasteiger partial charge in [-0.05, 0) is 35.0 Å². The first-order valence-electron chi connectivity index (χ1n) is 4.65. The first-order chi connectivity index (χ1) is 7.77. The summed E-state index contributed by atoms with van der Waals surface area (Å²) in [5.41, 5.74) is 5.36. The molecular weight excluding hydrogens is 386 g/mol. The number of hydrogen-bond acceptors (Lipinski definition) is 3. The van der Waals surface area contributed by atoms with Crippen molar-refractivity contribution < 1.29 is 8.42 Å². The van der Waals surface area contributed by atoms with E-state index in [1.165, 1.54) is 12.1 Å². The minimum absolute atomic E-state index is 0. The predicted molar refractivity (Wildman–Crippen MR) is 80.2 cm³/mol. The lowest BCUT2D eigenvalue weighted by Gasteiger charge is -2.13. The van der Waals surface area contributed by atoms with Crippen LogP contribution in [0.2, 0.25) is 10.0 Å². The Bertz CT molecular complexity index is 525. The smallest absolute Gasteiger partial charge is 0.242 e. The van der Waals surface area contributed by atoms with Crippen LogP contribution in [0.25, 0.3) is 0 Å². The molecule has 9 heteroatoms. The third kappa shape index (κ3) is 4.52. The largest absolute Gasteiger partial charge is 0.329 e. The topological polar surface area (TPSA) is 72.2 Å². The average molecular weight is 399 g/mol. The van der Waals surface area contributed by atoms with E-state index in [0.29, 0.717) is 9.50 Å². The van der Waals surface area contributed by atoms with Crippen LogP contribution in [0.3, 0.4) is 0 Å². The summed E-state index contributed by atoms with van der Waals surface area (Å²) in [5, 5.41) is 0.413. The fourth-order valence-electron chi connectivity index (χ4n) is 1.09. The van der Waals surface area contributed by atoms with Crippen molar-refractivity contribution in [3.8, 4) is 0 Å². The predicted octanol–water partition coefficient (Wildman–Crippen LogP) is 2.80. The van der Waals surface area contributed by atoms with E-state index in [-0.39, 0.29) is 34.9 Å². The van der Waals surface area contributed by atoms with Crippen LogP contribution in [-0.2, 0) is 10.0 Å². The molecule has 4 nitrogen and oxygen atoms in total. The van der Waals surface area contributed by atoms with E-state index in [9.17, 15) is 8.42 Å². The first kappa shape index (κ1) is 18.4. The van der Waals surface area contributed by atoms with Crippen molar-refractivity contribution in [2.24, 2.45) is 5.73 Å². The van der Waals surface area contributed by atoms with E-state index < -0.39 is 10.0 Å². The average Bonchev–Trinajstić information content (AvgIpc) is 2.22. The Labute approximate surface area is 131 Å². The lowest BCUT2D eigenvalue weighted by Crippen LogP contribution is -2.37. The molecule has 1 aromatic rings. The molecule has 0 aliphatic rings. The number of nitrogens with one attached hydrogen (secondary N) is 1. The molecule has 0 bridgehead atoms. The van der Waals surface area contributed by atoms with Gasteiger partial charge in [0.1, 0.15) is 4.90 Å². The standard InChI is InChI=1S/C9H11BrCl2N2O2S.ClH/c1-5(4-13)14-17(15,16)9-2-6(10)7(11)3-8(9)12;/h2-3,5,14H,4,13H2,1H3;1H/t5-;/m0./s1. The van der Waals surface area contributed by atoms with Crippen molar-refractivity contribution >= 4 is 61.6 Å². The highest BCUT2D eigenvalue weighted by molar-refractivity contribution is 9.10. The molecule has 18 heavy (non-hydrogen) atoms. The van der Waals surface area contributed by atoms with Crippen LogP contribution in [0, 0.1) is 0 Å². The summed E-state index contributed by atoms with van der Waals surface area (Å²) in [6, 6.07) is 2.36. The molecular formula is C9H12BrCl3N2O2S. The number of hydrogen-bond donors (Lipinski definition) is 2.